The van der Waals surface area contributed by atoms with E-state index in [1.165, 1.54) is 0 Å². The van der Waals surface area contributed by atoms with Crippen molar-refractivity contribution < 1.29 is 14.0 Å². The fourth-order valence-corrected chi connectivity index (χ4v) is 2.17. The van der Waals surface area contributed by atoms with Gasteiger partial charge in [-0.25, -0.2) is 0 Å². The average Bonchev–Trinajstić information content (AvgIpc) is 3.11. The highest BCUT2D eigenvalue weighted by molar-refractivity contribution is 5.62. The highest BCUT2D eigenvalue weighted by Gasteiger charge is 2.24. The molecule has 1 aromatic carbocycles. The Balaban J connectivity index is 1.89. The first-order valence-corrected chi connectivity index (χ1v) is 6.52. The zero-order valence-corrected chi connectivity index (χ0v) is 10.8. The van der Waals surface area contributed by atoms with E-state index in [9.17, 15) is 0 Å². The van der Waals surface area contributed by atoms with Crippen LogP contribution in [0.15, 0.2) is 28.8 Å². The Morgan fingerprint density at radius 1 is 1.37 bits per heavy atom. The van der Waals surface area contributed by atoms with Gasteiger partial charge < -0.3 is 14.0 Å². The molecule has 100 valence electrons. The molecule has 3 rings (SSSR count). The standard InChI is InChI=1S/C14H16N2O3/c1-2-18-12-6-4-3-5-11(12)14-15-13(16-19-14)10-7-8-17-9-10/h3-6,10H,2,7-9H2,1H3. The summed E-state index contributed by atoms with van der Waals surface area (Å²) in [6.45, 7) is 4.00. The Morgan fingerprint density at radius 3 is 3.05 bits per heavy atom. The predicted molar refractivity (Wildman–Crippen MR) is 69.1 cm³/mol. The third-order valence-electron chi connectivity index (χ3n) is 3.15. The first-order chi connectivity index (χ1) is 9.38. The van der Waals surface area contributed by atoms with Crippen LogP contribution >= 0.6 is 0 Å². The second-order valence-corrected chi connectivity index (χ2v) is 4.45. The number of benzene rings is 1. The quantitative estimate of drug-likeness (QED) is 0.845. The van der Waals surface area contributed by atoms with E-state index in [1.54, 1.807) is 0 Å². The normalized spacial score (nSPS) is 18.7. The third kappa shape index (κ3) is 2.46. The molecule has 19 heavy (non-hydrogen) atoms. The van der Waals surface area contributed by atoms with Gasteiger partial charge in [-0.1, -0.05) is 17.3 Å². The number of nitrogens with zero attached hydrogens (tertiary/aromatic N) is 2. The smallest absolute Gasteiger partial charge is 0.261 e. The summed E-state index contributed by atoms with van der Waals surface area (Å²) in [6.07, 6.45) is 0.950. The number of aromatic nitrogens is 2. The van der Waals surface area contributed by atoms with Gasteiger partial charge in [0.15, 0.2) is 5.82 Å². The van der Waals surface area contributed by atoms with Gasteiger partial charge in [-0.2, -0.15) is 4.98 Å². The Bertz CT molecular complexity index is 547. The zero-order valence-electron chi connectivity index (χ0n) is 10.8. The number of ether oxygens (including phenoxy) is 2. The van der Waals surface area contributed by atoms with Crippen molar-refractivity contribution in [1.29, 1.82) is 0 Å². The van der Waals surface area contributed by atoms with Crippen LogP contribution in [-0.4, -0.2) is 30.0 Å². The highest BCUT2D eigenvalue weighted by atomic mass is 16.5. The molecule has 2 heterocycles. The fourth-order valence-electron chi connectivity index (χ4n) is 2.17. The van der Waals surface area contributed by atoms with Crippen LogP contribution in [0.4, 0.5) is 0 Å². The Kier molecular flexibility index (Phi) is 3.46. The van der Waals surface area contributed by atoms with Gasteiger partial charge in [-0.15, -0.1) is 0 Å². The van der Waals surface area contributed by atoms with Crippen LogP contribution in [0, 0.1) is 0 Å². The molecule has 2 aromatic rings. The van der Waals surface area contributed by atoms with E-state index < -0.39 is 0 Å². The summed E-state index contributed by atoms with van der Waals surface area (Å²) in [5.74, 6) is 2.24. The average molecular weight is 260 g/mol. The van der Waals surface area contributed by atoms with Gasteiger partial charge in [0.25, 0.3) is 5.89 Å². The van der Waals surface area contributed by atoms with Crippen molar-refractivity contribution in [1.82, 2.24) is 10.1 Å². The lowest BCUT2D eigenvalue weighted by atomic mass is 10.1. The first-order valence-electron chi connectivity index (χ1n) is 6.52. The molecule has 0 amide bonds. The first kappa shape index (κ1) is 12.2. The molecular weight excluding hydrogens is 244 g/mol. The van der Waals surface area contributed by atoms with Gasteiger partial charge in [0.2, 0.25) is 0 Å². The fraction of sp³-hybridized carbons (Fsp3) is 0.429. The van der Waals surface area contributed by atoms with Crippen molar-refractivity contribution in [2.75, 3.05) is 19.8 Å². The predicted octanol–water partition coefficient (Wildman–Crippen LogP) is 2.64. The van der Waals surface area contributed by atoms with E-state index >= 15 is 0 Å². The number of hydrogen-bond donors (Lipinski definition) is 0. The monoisotopic (exact) mass is 260 g/mol. The maximum atomic E-state index is 5.57. The van der Waals surface area contributed by atoms with E-state index in [0.29, 0.717) is 19.1 Å². The van der Waals surface area contributed by atoms with Gasteiger partial charge in [0, 0.05) is 12.5 Å². The summed E-state index contributed by atoms with van der Waals surface area (Å²) in [4.78, 5) is 4.47. The molecule has 1 fully saturated rings. The molecule has 5 heteroatoms. The molecule has 1 aromatic heterocycles. The summed E-state index contributed by atoms with van der Waals surface area (Å²) < 4.78 is 16.3. The van der Waals surface area contributed by atoms with Crippen LogP contribution in [0.5, 0.6) is 5.75 Å². The molecule has 5 nitrogen and oxygen atoms in total. The number of hydrogen-bond acceptors (Lipinski definition) is 5. The molecule has 0 spiro atoms. The lowest BCUT2D eigenvalue weighted by Crippen LogP contribution is -1.99. The molecule has 1 aliphatic rings. The lowest BCUT2D eigenvalue weighted by Gasteiger charge is -2.05. The summed E-state index contributed by atoms with van der Waals surface area (Å²) in [7, 11) is 0. The number of rotatable bonds is 4. The van der Waals surface area contributed by atoms with Crippen molar-refractivity contribution in [3.8, 4) is 17.2 Å². The summed E-state index contributed by atoms with van der Waals surface area (Å²) in [6, 6.07) is 7.69. The Labute approximate surface area is 111 Å². The van der Waals surface area contributed by atoms with Crippen LogP contribution in [0.1, 0.15) is 25.1 Å². The maximum absolute atomic E-state index is 5.57. The topological polar surface area (TPSA) is 57.4 Å². The molecule has 0 saturated carbocycles. The van der Waals surface area contributed by atoms with E-state index in [2.05, 4.69) is 10.1 Å². The van der Waals surface area contributed by atoms with Crippen LogP contribution in [0.2, 0.25) is 0 Å². The number of para-hydroxylation sites is 1. The summed E-state index contributed by atoms with van der Waals surface area (Å²) in [5, 5.41) is 4.05. The molecule has 1 unspecified atom stereocenters. The zero-order chi connectivity index (χ0) is 13.1. The molecule has 1 atom stereocenters. The van der Waals surface area contributed by atoms with Gasteiger partial charge in [-0.05, 0) is 25.5 Å². The van der Waals surface area contributed by atoms with Crippen LogP contribution < -0.4 is 4.74 Å². The minimum absolute atomic E-state index is 0.247. The van der Waals surface area contributed by atoms with Crippen LogP contribution in [-0.2, 0) is 4.74 Å². The van der Waals surface area contributed by atoms with Crippen LogP contribution in [0.25, 0.3) is 11.5 Å². The summed E-state index contributed by atoms with van der Waals surface area (Å²) >= 11 is 0. The molecular formula is C14H16N2O3. The molecule has 0 aliphatic carbocycles. The van der Waals surface area contributed by atoms with E-state index in [-0.39, 0.29) is 5.92 Å². The second-order valence-electron chi connectivity index (χ2n) is 4.45. The third-order valence-corrected chi connectivity index (χ3v) is 3.15. The van der Waals surface area contributed by atoms with E-state index in [0.717, 1.165) is 30.2 Å². The van der Waals surface area contributed by atoms with Gasteiger partial charge in [0.05, 0.1) is 18.8 Å². The van der Waals surface area contributed by atoms with Crippen molar-refractivity contribution in [2.45, 2.75) is 19.3 Å². The minimum Gasteiger partial charge on any atom is -0.493 e. The highest BCUT2D eigenvalue weighted by Crippen LogP contribution is 2.30. The second kappa shape index (κ2) is 5.40. The van der Waals surface area contributed by atoms with Crippen molar-refractivity contribution in [2.24, 2.45) is 0 Å². The SMILES string of the molecule is CCOc1ccccc1-c1nc(C2CCOC2)no1. The molecule has 0 N–H and O–H groups in total. The van der Waals surface area contributed by atoms with Gasteiger partial charge in [-0.3, -0.25) is 0 Å². The largest absolute Gasteiger partial charge is 0.493 e. The maximum Gasteiger partial charge on any atom is 0.261 e. The molecule has 1 aliphatic heterocycles. The summed E-state index contributed by atoms with van der Waals surface area (Å²) in [5.41, 5.74) is 0.835. The molecule has 0 radical (unpaired) electrons. The van der Waals surface area contributed by atoms with E-state index in [1.807, 2.05) is 31.2 Å². The molecule has 0 bridgehead atoms. The van der Waals surface area contributed by atoms with E-state index in [4.69, 9.17) is 14.0 Å². The van der Waals surface area contributed by atoms with Gasteiger partial charge >= 0.3 is 0 Å². The van der Waals surface area contributed by atoms with Crippen molar-refractivity contribution in [3.63, 3.8) is 0 Å². The molecule has 1 saturated heterocycles. The van der Waals surface area contributed by atoms with Crippen molar-refractivity contribution in [3.05, 3.63) is 30.1 Å². The van der Waals surface area contributed by atoms with Crippen molar-refractivity contribution >= 4 is 0 Å². The Hall–Kier alpha value is -1.88. The van der Waals surface area contributed by atoms with Crippen LogP contribution in [0.3, 0.4) is 0 Å². The minimum atomic E-state index is 0.247. The lowest BCUT2D eigenvalue weighted by molar-refractivity contribution is 0.192. The Morgan fingerprint density at radius 2 is 2.26 bits per heavy atom. The van der Waals surface area contributed by atoms with Gasteiger partial charge in [0.1, 0.15) is 5.75 Å².